The zero-order chi connectivity index (χ0) is 22.3. The molecule has 31 heavy (non-hydrogen) atoms. The number of benzene rings is 2. The Kier molecular flexibility index (Phi) is 5.56. The van der Waals surface area contributed by atoms with E-state index >= 15 is 0 Å². The van der Waals surface area contributed by atoms with Gasteiger partial charge >= 0.3 is 0 Å². The van der Waals surface area contributed by atoms with Crippen molar-refractivity contribution in [2.45, 2.75) is 20.4 Å². The molecule has 0 aliphatic carbocycles. The molecule has 5 nitrogen and oxygen atoms in total. The van der Waals surface area contributed by atoms with Crippen LogP contribution in [0.2, 0.25) is 10.0 Å². The van der Waals surface area contributed by atoms with Gasteiger partial charge in [-0.15, -0.1) is 0 Å². The molecule has 0 radical (unpaired) electrons. The molecule has 0 amide bonds. The molecule has 0 saturated heterocycles. The van der Waals surface area contributed by atoms with Gasteiger partial charge in [-0.3, -0.25) is 9.36 Å². The minimum atomic E-state index is -0.244. The van der Waals surface area contributed by atoms with Gasteiger partial charge in [0.05, 0.1) is 17.3 Å². The summed E-state index contributed by atoms with van der Waals surface area (Å²) in [6.45, 7) is 4.10. The Hall–Kier alpha value is -3.15. The predicted molar refractivity (Wildman–Crippen MR) is 122 cm³/mol. The molecule has 2 heterocycles. The van der Waals surface area contributed by atoms with E-state index < -0.39 is 0 Å². The molecule has 7 heteroatoms. The first-order chi connectivity index (χ1) is 14.8. The molecule has 2 N–H and O–H groups in total. The summed E-state index contributed by atoms with van der Waals surface area (Å²) in [6.07, 6.45) is 0. The minimum absolute atomic E-state index is 0.0502. The van der Waals surface area contributed by atoms with Crippen LogP contribution < -0.4 is 0 Å². The molecule has 2 aromatic heterocycles. The van der Waals surface area contributed by atoms with Crippen LogP contribution in [-0.4, -0.2) is 25.1 Å². The van der Waals surface area contributed by atoms with Crippen LogP contribution in [-0.2, 0) is 6.54 Å². The summed E-state index contributed by atoms with van der Waals surface area (Å²) in [5, 5.41) is 21.0. The first kappa shape index (κ1) is 21.1. The van der Waals surface area contributed by atoms with Crippen LogP contribution in [0.5, 0.6) is 11.8 Å². The van der Waals surface area contributed by atoms with E-state index in [9.17, 15) is 15.0 Å². The number of rotatable bonds is 5. The van der Waals surface area contributed by atoms with Crippen molar-refractivity contribution in [3.63, 3.8) is 0 Å². The number of carbonyl (C=O) groups excluding carboxylic acids is 1. The normalized spacial score (nSPS) is 11.1. The number of hydrogen-bond donors (Lipinski definition) is 2. The SMILES string of the molecule is Cc1cc(C)n(-c2ccc(Cl)cc2C(=O)c2ccccc2Cl)c1Cn1c(O)ccc1O. The number of hydrogen-bond acceptors (Lipinski definition) is 3. The Morgan fingerprint density at radius 3 is 2.26 bits per heavy atom. The van der Waals surface area contributed by atoms with Crippen molar-refractivity contribution in [3.8, 4) is 17.4 Å². The van der Waals surface area contributed by atoms with E-state index in [1.54, 1.807) is 42.5 Å². The summed E-state index contributed by atoms with van der Waals surface area (Å²) in [5.74, 6) is -0.344. The van der Waals surface area contributed by atoms with E-state index in [4.69, 9.17) is 23.2 Å². The third-order valence-electron chi connectivity index (χ3n) is 5.31. The number of aromatic hydroxyl groups is 2. The highest BCUT2D eigenvalue weighted by Crippen LogP contribution is 2.31. The van der Waals surface area contributed by atoms with Gasteiger partial charge in [-0.1, -0.05) is 35.3 Å². The molecular weight excluding hydrogens is 435 g/mol. The van der Waals surface area contributed by atoms with Gasteiger partial charge in [0.25, 0.3) is 0 Å². The van der Waals surface area contributed by atoms with Crippen molar-refractivity contribution in [1.29, 1.82) is 0 Å². The maximum Gasteiger partial charge on any atom is 0.196 e. The van der Waals surface area contributed by atoms with E-state index in [2.05, 4.69) is 0 Å². The topological polar surface area (TPSA) is 67.4 Å². The molecule has 0 aliphatic rings. The Balaban J connectivity index is 1.90. The maximum absolute atomic E-state index is 13.4. The average Bonchev–Trinajstić information content (AvgIpc) is 3.20. The van der Waals surface area contributed by atoms with Gasteiger partial charge in [-0.05, 0) is 55.8 Å². The fourth-order valence-corrected chi connectivity index (χ4v) is 4.21. The highest BCUT2D eigenvalue weighted by Gasteiger charge is 2.22. The lowest BCUT2D eigenvalue weighted by molar-refractivity contribution is 0.103. The molecule has 158 valence electrons. The minimum Gasteiger partial charge on any atom is -0.494 e. The molecule has 0 spiro atoms. The summed E-state index contributed by atoms with van der Waals surface area (Å²) in [5.41, 5.74) is 4.10. The average molecular weight is 455 g/mol. The number of aryl methyl sites for hydroxylation is 2. The predicted octanol–water partition coefficient (Wildman–Crippen LogP) is 5.89. The van der Waals surface area contributed by atoms with Crippen LogP contribution in [0.3, 0.4) is 0 Å². The van der Waals surface area contributed by atoms with Crippen molar-refractivity contribution in [1.82, 2.24) is 9.13 Å². The zero-order valence-electron chi connectivity index (χ0n) is 16.9. The molecule has 4 aromatic rings. The third-order valence-corrected chi connectivity index (χ3v) is 5.87. The highest BCUT2D eigenvalue weighted by molar-refractivity contribution is 6.35. The number of nitrogens with zero attached hydrogens (tertiary/aromatic N) is 2. The van der Waals surface area contributed by atoms with Gasteiger partial charge in [-0.25, -0.2) is 0 Å². The number of ketones is 1. The zero-order valence-corrected chi connectivity index (χ0v) is 18.4. The van der Waals surface area contributed by atoms with Crippen molar-refractivity contribution in [3.05, 3.63) is 98.8 Å². The number of aromatic nitrogens is 2. The van der Waals surface area contributed by atoms with Crippen LogP contribution in [0.4, 0.5) is 0 Å². The standard InChI is InChI=1S/C24H20Cl2N2O3/c1-14-11-15(2)28(21(14)13-27-22(29)9-10-23(27)30)20-8-7-16(25)12-18(20)24(31)17-5-3-4-6-19(17)26/h3-12,29-30H,13H2,1-2H3. The molecule has 0 atom stereocenters. The van der Waals surface area contributed by atoms with Crippen molar-refractivity contribution >= 4 is 29.0 Å². The van der Waals surface area contributed by atoms with E-state index in [0.29, 0.717) is 26.9 Å². The highest BCUT2D eigenvalue weighted by atomic mass is 35.5. The quantitative estimate of drug-likeness (QED) is 0.369. The molecule has 0 saturated carbocycles. The largest absolute Gasteiger partial charge is 0.494 e. The van der Waals surface area contributed by atoms with Gasteiger partial charge in [0.1, 0.15) is 0 Å². The Morgan fingerprint density at radius 1 is 0.903 bits per heavy atom. The Bertz CT molecular complexity index is 1280. The maximum atomic E-state index is 13.4. The van der Waals surface area contributed by atoms with E-state index in [1.165, 1.54) is 16.7 Å². The number of halogens is 2. The van der Waals surface area contributed by atoms with Crippen molar-refractivity contribution in [2.24, 2.45) is 0 Å². The van der Waals surface area contributed by atoms with Crippen molar-refractivity contribution in [2.75, 3.05) is 0 Å². The molecule has 0 bridgehead atoms. The Morgan fingerprint density at radius 2 is 1.58 bits per heavy atom. The van der Waals surface area contributed by atoms with Crippen LogP contribution in [0.1, 0.15) is 32.9 Å². The molecule has 0 aliphatic heterocycles. The molecular formula is C24H20Cl2N2O3. The third kappa shape index (κ3) is 3.82. The van der Waals surface area contributed by atoms with Crippen LogP contribution in [0, 0.1) is 13.8 Å². The lowest BCUT2D eigenvalue weighted by atomic mass is 10.0. The fraction of sp³-hybridized carbons (Fsp3) is 0.125. The van der Waals surface area contributed by atoms with Gasteiger partial charge in [0.2, 0.25) is 0 Å². The van der Waals surface area contributed by atoms with E-state index in [-0.39, 0.29) is 24.1 Å². The van der Waals surface area contributed by atoms with Crippen LogP contribution in [0.25, 0.3) is 5.69 Å². The Labute approximate surface area is 189 Å². The van der Waals surface area contributed by atoms with Gasteiger partial charge in [0, 0.05) is 39.7 Å². The summed E-state index contributed by atoms with van der Waals surface area (Å²) in [7, 11) is 0. The first-order valence-corrected chi connectivity index (χ1v) is 10.4. The second-order valence-corrected chi connectivity index (χ2v) is 8.20. The second-order valence-electron chi connectivity index (χ2n) is 7.36. The van der Waals surface area contributed by atoms with E-state index in [1.807, 2.05) is 24.5 Å². The first-order valence-electron chi connectivity index (χ1n) is 9.62. The van der Waals surface area contributed by atoms with Crippen LogP contribution in [0.15, 0.2) is 60.7 Å². The van der Waals surface area contributed by atoms with Gasteiger partial charge in [-0.2, -0.15) is 0 Å². The van der Waals surface area contributed by atoms with Gasteiger partial charge < -0.3 is 14.8 Å². The molecule has 4 rings (SSSR count). The monoisotopic (exact) mass is 454 g/mol. The molecule has 0 unspecified atom stereocenters. The smallest absolute Gasteiger partial charge is 0.196 e. The summed E-state index contributed by atoms with van der Waals surface area (Å²) >= 11 is 12.5. The molecule has 0 fully saturated rings. The second kappa shape index (κ2) is 8.17. The fourth-order valence-electron chi connectivity index (χ4n) is 3.81. The van der Waals surface area contributed by atoms with E-state index in [0.717, 1.165) is 17.0 Å². The number of carbonyl (C=O) groups is 1. The van der Waals surface area contributed by atoms with Gasteiger partial charge in [0.15, 0.2) is 17.5 Å². The van der Waals surface area contributed by atoms with Crippen molar-refractivity contribution < 1.29 is 15.0 Å². The summed E-state index contributed by atoms with van der Waals surface area (Å²) in [6, 6.07) is 16.9. The summed E-state index contributed by atoms with van der Waals surface area (Å²) in [4.78, 5) is 13.4. The van der Waals surface area contributed by atoms with Crippen LogP contribution >= 0.6 is 23.2 Å². The molecule has 2 aromatic carbocycles. The lowest BCUT2D eigenvalue weighted by Crippen LogP contribution is -2.13. The summed E-state index contributed by atoms with van der Waals surface area (Å²) < 4.78 is 3.33. The lowest BCUT2D eigenvalue weighted by Gasteiger charge is -2.18.